The van der Waals surface area contributed by atoms with Crippen LogP contribution in [0.1, 0.15) is 22.4 Å². The van der Waals surface area contributed by atoms with E-state index in [0.717, 1.165) is 60.2 Å². The lowest BCUT2D eigenvalue weighted by atomic mass is 10.1. The topological polar surface area (TPSA) is 67.8 Å². The van der Waals surface area contributed by atoms with E-state index in [9.17, 15) is 4.79 Å². The molecule has 0 N–H and O–H groups in total. The minimum Gasteiger partial charge on any atom is -0.496 e. The van der Waals surface area contributed by atoms with Crippen LogP contribution in [0.3, 0.4) is 0 Å². The van der Waals surface area contributed by atoms with Gasteiger partial charge in [0.1, 0.15) is 5.75 Å². The summed E-state index contributed by atoms with van der Waals surface area (Å²) in [6.07, 6.45) is 3.13. The molecule has 2 aromatic rings. The Kier molecular flexibility index (Phi) is 5.43. The summed E-state index contributed by atoms with van der Waals surface area (Å²) in [6, 6.07) is 5.91. The van der Waals surface area contributed by atoms with Crippen molar-refractivity contribution in [2.24, 2.45) is 0 Å². The van der Waals surface area contributed by atoms with E-state index in [-0.39, 0.29) is 5.91 Å². The van der Waals surface area contributed by atoms with E-state index < -0.39 is 0 Å². The van der Waals surface area contributed by atoms with E-state index in [4.69, 9.17) is 14.5 Å². The third-order valence-electron chi connectivity index (χ3n) is 5.41. The zero-order valence-corrected chi connectivity index (χ0v) is 16.5. The Bertz CT molecular complexity index is 863. The maximum atomic E-state index is 12.7. The predicted molar refractivity (Wildman–Crippen MR) is 106 cm³/mol. The number of fused-ring (bicyclic) bond motifs is 1. The summed E-state index contributed by atoms with van der Waals surface area (Å²) in [5, 5.41) is 0. The molecule has 1 saturated heterocycles. The molecule has 1 fully saturated rings. The molecule has 1 amide bonds. The maximum Gasteiger partial charge on any atom is 0.227 e. The standard InChI is InChI=1S/C21H26N4O3/c1-15-11-16(3-4-19(15)27-2)12-20(26)24-6-8-25(9-7-24)21-22-13-17-14-28-10-5-18(17)23-21/h3-4,11,13H,5-10,12,14H2,1-2H3. The molecule has 7 nitrogen and oxygen atoms in total. The zero-order chi connectivity index (χ0) is 19.5. The number of aromatic nitrogens is 2. The van der Waals surface area contributed by atoms with Crippen LogP contribution in [0.5, 0.6) is 5.75 Å². The molecule has 2 aliphatic heterocycles. The van der Waals surface area contributed by atoms with Crippen molar-refractivity contribution in [2.45, 2.75) is 26.4 Å². The average Bonchev–Trinajstić information content (AvgIpc) is 2.73. The lowest BCUT2D eigenvalue weighted by molar-refractivity contribution is -0.130. The van der Waals surface area contributed by atoms with E-state index in [0.29, 0.717) is 26.1 Å². The summed E-state index contributed by atoms with van der Waals surface area (Å²) < 4.78 is 10.7. The molecule has 2 aliphatic rings. The Balaban J connectivity index is 1.35. The second kappa shape index (κ2) is 8.14. The molecule has 148 valence electrons. The van der Waals surface area contributed by atoms with Gasteiger partial charge in [-0.05, 0) is 24.1 Å². The second-order valence-electron chi connectivity index (χ2n) is 7.29. The smallest absolute Gasteiger partial charge is 0.227 e. The lowest BCUT2D eigenvalue weighted by Crippen LogP contribution is -2.49. The molecular weight excluding hydrogens is 356 g/mol. The number of anilines is 1. The first-order chi connectivity index (χ1) is 13.6. The van der Waals surface area contributed by atoms with Crippen molar-refractivity contribution >= 4 is 11.9 Å². The van der Waals surface area contributed by atoms with Gasteiger partial charge in [-0.1, -0.05) is 12.1 Å². The molecule has 4 rings (SSSR count). The van der Waals surface area contributed by atoms with Crippen molar-refractivity contribution in [3.8, 4) is 5.75 Å². The highest BCUT2D eigenvalue weighted by Crippen LogP contribution is 2.20. The van der Waals surface area contributed by atoms with E-state index >= 15 is 0 Å². The zero-order valence-electron chi connectivity index (χ0n) is 16.5. The van der Waals surface area contributed by atoms with E-state index in [1.807, 2.05) is 36.2 Å². The quantitative estimate of drug-likeness (QED) is 0.803. The molecule has 0 aliphatic carbocycles. The first kappa shape index (κ1) is 18.7. The third kappa shape index (κ3) is 3.94. The van der Waals surface area contributed by atoms with Gasteiger partial charge in [-0.2, -0.15) is 0 Å². The van der Waals surface area contributed by atoms with Crippen molar-refractivity contribution < 1.29 is 14.3 Å². The molecule has 1 aromatic carbocycles. The van der Waals surface area contributed by atoms with Crippen LogP contribution in [0.4, 0.5) is 5.95 Å². The molecule has 1 aromatic heterocycles. The van der Waals surface area contributed by atoms with Crippen LogP contribution in [0, 0.1) is 6.92 Å². The van der Waals surface area contributed by atoms with E-state index in [2.05, 4.69) is 9.88 Å². The minimum atomic E-state index is 0.160. The highest BCUT2D eigenvalue weighted by atomic mass is 16.5. The van der Waals surface area contributed by atoms with Crippen molar-refractivity contribution in [1.82, 2.24) is 14.9 Å². The highest BCUT2D eigenvalue weighted by molar-refractivity contribution is 5.79. The molecule has 28 heavy (non-hydrogen) atoms. The number of hydrogen-bond donors (Lipinski definition) is 0. The van der Waals surface area contributed by atoms with Crippen LogP contribution >= 0.6 is 0 Å². The summed E-state index contributed by atoms with van der Waals surface area (Å²) in [7, 11) is 1.66. The Morgan fingerprint density at radius 3 is 2.82 bits per heavy atom. The van der Waals surface area contributed by atoms with Gasteiger partial charge in [-0.15, -0.1) is 0 Å². The largest absolute Gasteiger partial charge is 0.496 e. The number of carbonyl (C=O) groups is 1. The number of aryl methyl sites for hydroxylation is 1. The van der Waals surface area contributed by atoms with Crippen molar-refractivity contribution in [1.29, 1.82) is 0 Å². The minimum absolute atomic E-state index is 0.160. The van der Waals surface area contributed by atoms with Crippen LogP contribution in [-0.4, -0.2) is 60.7 Å². The van der Waals surface area contributed by atoms with Crippen LogP contribution in [0.15, 0.2) is 24.4 Å². The maximum absolute atomic E-state index is 12.7. The number of benzene rings is 1. The fourth-order valence-corrected chi connectivity index (χ4v) is 3.76. The molecule has 0 unspecified atom stereocenters. The number of amides is 1. The molecule has 3 heterocycles. The fraction of sp³-hybridized carbons (Fsp3) is 0.476. The first-order valence-corrected chi connectivity index (χ1v) is 9.73. The van der Waals surface area contributed by atoms with Gasteiger partial charge in [0, 0.05) is 44.4 Å². The molecule has 0 atom stereocenters. The highest BCUT2D eigenvalue weighted by Gasteiger charge is 2.24. The van der Waals surface area contributed by atoms with E-state index in [1.165, 1.54) is 0 Å². The summed E-state index contributed by atoms with van der Waals surface area (Å²) in [6.45, 7) is 6.20. The predicted octanol–water partition coefficient (Wildman–Crippen LogP) is 1.76. The molecule has 0 spiro atoms. The van der Waals surface area contributed by atoms with Gasteiger partial charge in [0.2, 0.25) is 11.9 Å². The number of hydrogen-bond acceptors (Lipinski definition) is 6. The van der Waals surface area contributed by atoms with Crippen molar-refractivity contribution in [3.05, 3.63) is 46.8 Å². The summed E-state index contributed by atoms with van der Waals surface area (Å²) >= 11 is 0. The van der Waals surface area contributed by atoms with Gasteiger partial charge in [-0.3, -0.25) is 4.79 Å². The lowest BCUT2D eigenvalue weighted by Gasteiger charge is -2.35. The normalized spacial score (nSPS) is 16.6. The Hall–Kier alpha value is -2.67. The van der Waals surface area contributed by atoms with Crippen LogP contribution in [0.25, 0.3) is 0 Å². The number of nitrogens with zero attached hydrogens (tertiary/aromatic N) is 4. The van der Waals surface area contributed by atoms with Crippen LogP contribution < -0.4 is 9.64 Å². The SMILES string of the molecule is COc1ccc(CC(=O)N2CCN(c3ncc4c(n3)CCOC4)CC2)cc1C. The Morgan fingerprint density at radius 2 is 2.07 bits per heavy atom. The number of piperazine rings is 1. The van der Waals surface area contributed by atoms with Gasteiger partial charge in [0.15, 0.2) is 0 Å². The molecule has 7 heteroatoms. The first-order valence-electron chi connectivity index (χ1n) is 9.73. The molecule has 0 radical (unpaired) electrons. The third-order valence-corrected chi connectivity index (χ3v) is 5.41. The molecular formula is C21H26N4O3. The fourth-order valence-electron chi connectivity index (χ4n) is 3.76. The number of rotatable bonds is 4. The van der Waals surface area contributed by atoms with Crippen LogP contribution in [0.2, 0.25) is 0 Å². The summed E-state index contributed by atoms with van der Waals surface area (Å²) in [5.41, 5.74) is 4.24. The molecule has 0 bridgehead atoms. The van der Waals surface area contributed by atoms with Gasteiger partial charge in [0.25, 0.3) is 0 Å². The number of ether oxygens (including phenoxy) is 2. The van der Waals surface area contributed by atoms with Crippen LogP contribution in [-0.2, 0) is 29.0 Å². The second-order valence-corrected chi connectivity index (χ2v) is 7.29. The van der Waals surface area contributed by atoms with E-state index in [1.54, 1.807) is 7.11 Å². The monoisotopic (exact) mass is 382 g/mol. The van der Waals surface area contributed by atoms with Gasteiger partial charge >= 0.3 is 0 Å². The van der Waals surface area contributed by atoms with Gasteiger partial charge in [-0.25, -0.2) is 9.97 Å². The number of carbonyl (C=O) groups excluding carboxylic acids is 1. The molecule has 0 saturated carbocycles. The van der Waals surface area contributed by atoms with Crippen molar-refractivity contribution in [3.63, 3.8) is 0 Å². The average molecular weight is 382 g/mol. The summed E-state index contributed by atoms with van der Waals surface area (Å²) in [4.78, 5) is 26.0. The van der Waals surface area contributed by atoms with Gasteiger partial charge < -0.3 is 19.3 Å². The van der Waals surface area contributed by atoms with Crippen molar-refractivity contribution in [2.75, 3.05) is 44.8 Å². The Morgan fingerprint density at radius 1 is 1.25 bits per heavy atom. The van der Waals surface area contributed by atoms with Gasteiger partial charge in [0.05, 0.1) is 32.4 Å². The summed E-state index contributed by atoms with van der Waals surface area (Å²) in [5.74, 6) is 1.77. The Labute approximate surface area is 165 Å². The number of methoxy groups -OCH3 is 1.